The Balaban J connectivity index is 1.96. The van der Waals surface area contributed by atoms with Gasteiger partial charge in [-0.2, -0.15) is 9.97 Å². The third kappa shape index (κ3) is 3.33. The monoisotopic (exact) mass is 321 g/mol. The highest BCUT2D eigenvalue weighted by Gasteiger charge is 2.14. The van der Waals surface area contributed by atoms with E-state index in [1.165, 1.54) is 9.58 Å². The molecule has 0 radical (unpaired) electrons. The van der Waals surface area contributed by atoms with E-state index in [0.29, 0.717) is 18.8 Å². The van der Waals surface area contributed by atoms with Gasteiger partial charge in [0.1, 0.15) is 5.82 Å². The van der Waals surface area contributed by atoms with E-state index in [1.807, 2.05) is 67.6 Å². The lowest BCUT2D eigenvalue weighted by Gasteiger charge is -2.18. The zero-order valence-electron chi connectivity index (χ0n) is 13.5. The molecule has 0 saturated carbocycles. The second kappa shape index (κ2) is 7.06. The van der Waals surface area contributed by atoms with Crippen LogP contribution in [0.2, 0.25) is 0 Å². The van der Waals surface area contributed by atoms with E-state index >= 15 is 0 Å². The number of nitrogens with two attached hydrogens (primary N) is 1. The topological polar surface area (TPSA) is 77.0 Å². The molecule has 0 fully saturated rings. The molecule has 1 aromatic heterocycles. The van der Waals surface area contributed by atoms with Crippen molar-refractivity contribution < 1.29 is 0 Å². The van der Waals surface area contributed by atoms with Crippen molar-refractivity contribution >= 4 is 5.95 Å². The summed E-state index contributed by atoms with van der Waals surface area (Å²) in [6.07, 6.45) is 0.596. The zero-order valence-corrected chi connectivity index (χ0v) is 13.5. The summed E-state index contributed by atoms with van der Waals surface area (Å²) < 4.78 is 1.51. The minimum atomic E-state index is -0.383. The molecule has 2 N–H and O–H groups in total. The van der Waals surface area contributed by atoms with Crippen LogP contribution in [-0.2, 0) is 13.0 Å². The van der Waals surface area contributed by atoms with Gasteiger partial charge in [0.05, 0.1) is 12.2 Å². The summed E-state index contributed by atoms with van der Waals surface area (Å²) in [5.41, 5.74) is 1.39. The van der Waals surface area contributed by atoms with Crippen LogP contribution in [0.5, 0.6) is 0 Å². The van der Waals surface area contributed by atoms with Crippen LogP contribution in [0.4, 0.5) is 5.95 Å². The lowest BCUT2D eigenvalue weighted by Crippen LogP contribution is -2.36. The average molecular weight is 321 g/mol. The SMILES string of the molecule is CCc1nc(N(N)Cc2ccccc2)nc(=O)n1-c1ccccc1. The maximum atomic E-state index is 12.5. The maximum Gasteiger partial charge on any atom is 0.356 e. The van der Waals surface area contributed by atoms with Gasteiger partial charge < -0.3 is 0 Å². The second-order valence-corrected chi connectivity index (χ2v) is 5.36. The number of rotatable bonds is 5. The van der Waals surface area contributed by atoms with E-state index in [4.69, 9.17) is 5.84 Å². The molecule has 0 bridgehead atoms. The van der Waals surface area contributed by atoms with Crippen molar-refractivity contribution in [3.8, 4) is 5.69 Å². The Morgan fingerprint density at radius 3 is 2.25 bits per heavy atom. The minimum absolute atomic E-state index is 0.230. The molecule has 6 nitrogen and oxygen atoms in total. The van der Waals surface area contributed by atoms with Crippen molar-refractivity contribution in [1.29, 1.82) is 0 Å². The van der Waals surface area contributed by atoms with Crippen LogP contribution in [0, 0.1) is 0 Å². The normalized spacial score (nSPS) is 10.6. The standard InChI is InChI=1S/C18H19N5O/c1-2-16-20-17(22(19)13-14-9-5-3-6-10-14)21-18(24)23(16)15-11-7-4-8-12-15/h3-12H,2,13,19H2,1H3. The number of para-hydroxylation sites is 1. The molecule has 3 rings (SSSR count). The van der Waals surface area contributed by atoms with Crippen LogP contribution < -0.4 is 16.5 Å². The number of hydrogen-bond donors (Lipinski definition) is 1. The van der Waals surface area contributed by atoms with Crippen molar-refractivity contribution in [2.45, 2.75) is 19.9 Å². The van der Waals surface area contributed by atoms with Crippen molar-refractivity contribution in [1.82, 2.24) is 14.5 Å². The molecular formula is C18H19N5O. The number of benzene rings is 2. The average Bonchev–Trinajstić information content (AvgIpc) is 2.62. The van der Waals surface area contributed by atoms with E-state index < -0.39 is 0 Å². The van der Waals surface area contributed by atoms with Crippen molar-refractivity contribution in [3.05, 3.63) is 82.5 Å². The first-order valence-electron chi connectivity index (χ1n) is 7.80. The summed E-state index contributed by atoms with van der Waals surface area (Å²) in [7, 11) is 0. The van der Waals surface area contributed by atoms with Gasteiger partial charge in [-0.05, 0) is 17.7 Å². The Morgan fingerprint density at radius 2 is 1.62 bits per heavy atom. The summed E-state index contributed by atoms with van der Waals surface area (Å²) in [4.78, 5) is 21.0. The van der Waals surface area contributed by atoms with Crippen LogP contribution in [0.3, 0.4) is 0 Å². The quantitative estimate of drug-likeness (QED) is 0.575. The van der Waals surface area contributed by atoms with E-state index in [9.17, 15) is 4.79 Å². The van der Waals surface area contributed by atoms with Crippen LogP contribution in [0.1, 0.15) is 18.3 Å². The van der Waals surface area contributed by atoms with E-state index in [2.05, 4.69) is 9.97 Å². The van der Waals surface area contributed by atoms with Crippen LogP contribution in [0.25, 0.3) is 5.69 Å². The first kappa shape index (κ1) is 15.9. The summed E-state index contributed by atoms with van der Waals surface area (Å²) in [5.74, 6) is 6.92. The number of hydrazine groups is 1. The third-order valence-electron chi connectivity index (χ3n) is 3.66. The molecule has 0 aliphatic heterocycles. The maximum absolute atomic E-state index is 12.5. The molecule has 6 heteroatoms. The number of anilines is 1. The van der Waals surface area contributed by atoms with Gasteiger partial charge in [-0.1, -0.05) is 55.5 Å². The Bertz CT molecular complexity index is 862. The van der Waals surface area contributed by atoms with E-state index in [1.54, 1.807) is 0 Å². The summed E-state index contributed by atoms with van der Waals surface area (Å²) in [5, 5.41) is 1.39. The Morgan fingerprint density at radius 1 is 1.00 bits per heavy atom. The molecule has 0 atom stereocenters. The van der Waals surface area contributed by atoms with Gasteiger partial charge in [0.25, 0.3) is 0 Å². The largest absolute Gasteiger partial charge is 0.356 e. The lowest BCUT2D eigenvalue weighted by atomic mass is 10.2. The Hall–Kier alpha value is -2.99. The molecule has 3 aromatic rings. The van der Waals surface area contributed by atoms with Gasteiger partial charge >= 0.3 is 5.69 Å². The van der Waals surface area contributed by atoms with Gasteiger partial charge in [-0.25, -0.2) is 15.2 Å². The third-order valence-corrected chi connectivity index (χ3v) is 3.66. The van der Waals surface area contributed by atoms with Gasteiger partial charge in [0.2, 0.25) is 5.95 Å². The minimum Gasteiger partial charge on any atom is -0.274 e. The Labute approximate surface area is 140 Å². The summed E-state index contributed by atoms with van der Waals surface area (Å²) in [6.45, 7) is 2.38. The first-order valence-corrected chi connectivity index (χ1v) is 7.80. The predicted molar refractivity (Wildman–Crippen MR) is 93.8 cm³/mol. The Kier molecular flexibility index (Phi) is 4.67. The molecule has 1 heterocycles. The fourth-order valence-electron chi connectivity index (χ4n) is 2.49. The van der Waals surface area contributed by atoms with Crippen LogP contribution in [0.15, 0.2) is 65.5 Å². The molecular weight excluding hydrogens is 302 g/mol. The first-order chi connectivity index (χ1) is 11.7. The van der Waals surface area contributed by atoms with Gasteiger partial charge in [0, 0.05) is 6.42 Å². The van der Waals surface area contributed by atoms with Crippen molar-refractivity contribution in [2.24, 2.45) is 5.84 Å². The lowest BCUT2D eigenvalue weighted by molar-refractivity contribution is 0.722. The fraction of sp³-hybridized carbons (Fsp3) is 0.167. The highest BCUT2D eigenvalue weighted by molar-refractivity contribution is 5.35. The summed E-state index contributed by atoms with van der Waals surface area (Å²) in [6, 6.07) is 19.1. The van der Waals surface area contributed by atoms with Gasteiger partial charge in [-0.15, -0.1) is 0 Å². The molecule has 0 amide bonds. The molecule has 0 unspecified atom stereocenters. The van der Waals surface area contributed by atoms with E-state index in [-0.39, 0.29) is 11.6 Å². The molecule has 0 spiro atoms. The van der Waals surface area contributed by atoms with Crippen molar-refractivity contribution in [3.63, 3.8) is 0 Å². The predicted octanol–water partition coefficient (Wildman–Crippen LogP) is 2.07. The zero-order chi connectivity index (χ0) is 16.9. The van der Waals surface area contributed by atoms with Crippen LogP contribution in [-0.4, -0.2) is 14.5 Å². The highest BCUT2D eigenvalue weighted by Crippen LogP contribution is 2.11. The molecule has 0 saturated heterocycles. The number of aromatic nitrogens is 3. The molecule has 0 aliphatic carbocycles. The van der Waals surface area contributed by atoms with Gasteiger partial charge in [-0.3, -0.25) is 5.01 Å². The summed E-state index contributed by atoms with van der Waals surface area (Å²) >= 11 is 0. The van der Waals surface area contributed by atoms with E-state index in [0.717, 1.165) is 11.3 Å². The van der Waals surface area contributed by atoms with Crippen LogP contribution >= 0.6 is 0 Å². The smallest absolute Gasteiger partial charge is 0.274 e. The second-order valence-electron chi connectivity index (χ2n) is 5.36. The molecule has 0 aliphatic rings. The highest BCUT2D eigenvalue weighted by atomic mass is 16.1. The van der Waals surface area contributed by atoms with Crippen molar-refractivity contribution in [2.75, 3.05) is 5.01 Å². The number of hydrogen-bond acceptors (Lipinski definition) is 5. The number of aryl methyl sites for hydroxylation is 1. The molecule has 122 valence electrons. The number of nitrogens with zero attached hydrogens (tertiary/aromatic N) is 4. The molecule has 2 aromatic carbocycles. The molecule has 24 heavy (non-hydrogen) atoms. The fourth-order valence-corrected chi connectivity index (χ4v) is 2.49. The van der Waals surface area contributed by atoms with Gasteiger partial charge in [0.15, 0.2) is 0 Å².